The zero-order valence-corrected chi connectivity index (χ0v) is 21.4. The maximum Gasteiger partial charge on any atom is 0.264 e. The number of fused-ring (bicyclic) bond motifs is 1. The van der Waals surface area contributed by atoms with Gasteiger partial charge in [-0.15, -0.1) is 10.2 Å². The van der Waals surface area contributed by atoms with Crippen molar-refractivity contribution in [1.29, 1.82) is 0 Å². The highest BCUT2D eigenvalue weighted by atomic mass is 35.5. The van der Waals surface area contributed by atoms with E-state index in [0.29, 0.717) is 24.7 Å². The molecular formula is C28H34ClN5O2. The molecule has 0 spiro atoms. The molecule has 1 saturated heterocycles. The van der Waals surface area contributed by atoms with Crippen molar-refractivity contribution >= 4 is 39.8 Å². The molecule has 3 aromatic rings. The second kappa shape index (κ2) is 11.4. The summed E-state index contributed by atoms with van der Waals surface area (Å²) in [5, 5.41) is 20.9. The third kappa shape index (κ3) is 5.73. The lowest BCUT2D eigenvalue weighted by atomic mass is 9.86. The van der Waals surface area contributed by atoms with Crippen LogP contribution in [0, 0.1) is 5.92 Å². The van der Waals surface area contributed by atoms with Crippen LogP contribution in [0.1, 0.15) is 44.9 Å². The van der Waals surface area contributed by atoms with E-state index in [1.165, 1.54) is 37.8 Å². The number of aromatic hydroxyl groups is 1. The van der Waals surface area contributed by atoms with E-state index in [-0.39, 0.29) is 11.8 Å². The van der Waals surface area contributed by atoms with E-state index in [4.69, 9.17) is 11.6 Å². The van der Waals surface area contributed by atoms with Gasteiger partial charge in [-0.05, 0) is 42.7 Å². The van der Waals surface area contributed by atoms with Crippen LogP contribution < -0.4 is 4.90 Å². The quantitative estimate of drug-likeness (QED) is 0.359. The van der Waals surface area contributed by atoms with Gasteiger partial charge in [-0.3, -0.25) is 14.3 Å². The van der Waals surface area contributed by atoms with Crippen molar-refractivity contribution in [3.05, 3.63) is 53.6 Å². The Hall–Kier alpha value is -2.90. The molecule has 0 bridgehead atoms. The van der Waals surface area contributed by atoms with Gasteiger partial charge in [-0.25, -0.2) is 0 Å². The predicted molar refractivity (Wildman–Crippen MR) is 144 cm³/mol. The van der Waals surface area contributed by atoms with E-state index in [2.05, 4.69) is 32.2 Å². The summed E-state index contributed by atoms with van der Waals surface area (Å²) in [7, 11) is 0. The van der Waals surface area contributed by atoms with Gasteiger partial charge in [-0.2, -0.15) is 0 Å². The van der Waals surface area contributed by atoms with E-state index in [1.807, 2.05) is 41.0 Å². The molecule has 36 heavy (non-hydrogen) atoms. The Labute approximate surface area is 217 Å². The summed E-state index contributed by atoms with van der Waals surface area (Å²) in [4.78, 5) is 17.1. The Balaban J connectivity index is 1.25. The minimum atomic E-state index is -0.213. The van der Waals surface area contributed by atoms with E-state index in [9.17, 15) is 9.90 Å². The van der Waals surface area contributed by atoms with E-state index < -0.39 is 0 Å². The average Bonchev–Trinajstić information content (AvgIpc) is 3.18. The zero-order chi connectivity index (χ0) is 24.9. The van der Waals surface area contributed by atoms with Crippen molar-refractivity contribution in [3.8, 4) is 5.88 Å². The van der Waals surface area contributed by atoms with Gasteiger partial charge in [0.25, 0.3) is 5.91 Å². The summed E-state index contributed by atoms with van der Waals surface area (Å²) in [6.07, 6.45) is 7.58. The molecule has 0 unspecified atom stereocenters. The molecule has 1 aliphatic heterocycles. The summed E-state index contributed by atoms with van der Waals surface area (Å²) in [5.41, 5.74) is 2.43. The molecule has 0 radical (unpaired) electrons. The average molecular weight is 508 g/mol. The standard InChI is InChI=1S/C28H34ClN5O2/c29-22-11-13-23(14-12-22)33-18-16-32(17-19-33)20-34-25-9-5-4-8-24(25)27(28(34)36)31-30-26(35)15-10-21-6-2-1-3-7-21/h4-5,8-9,11-14,21,36H,1-3,6-7,10,15-20H2. The molecule has 5 rings (SSSR count). The first-order chi connectivity index (χ1) is 17.6. The highest BCUT2D eigenvalue weighted by Crippen LogP contribution is 2.39. The van der Waals surface area contributed by atoms with E-state index >= 15 is 0 Å². The lowest BCUT2D eigenvalue weighted by Gasteiger charge is -2.36. The van der Waals surface area contributed by atoms with Crippen molar-refractivity contribution in [2.24, 2.45) is 16.1 Å². The van der Waals surface area contributed by atoms with Crippen LogP contribution in [-0.4, -0.2) is 46.7 Å². The monoisotopic (exact) mass is 507 g/mol. The van der Waals surface area contributed by atoms with E-state index in [0.717, 1.165) is 48.5 Å². The third-order valence-electron chi connectivity index (χ3n) is 7.58. The van der Waals surface area contributed by atoms with Crippen LogP contribution in [0.25, 0.3) is 10.9 Å². The van der Waals surface area contributed by atoms with Crippen LogP contribution in [0.4, 0.5) is 11.4 Å². The smallest absolute Gasteiger partial charge is 0.264 e. The van der Waals surface area contributed by atoms with Gasteiger partial charge >= 0.3 is 0 Å². The van der Waals surface area contributed by atoms with Gasteiger partial charge in [0.05, 0.1) is 12.2 Å². The number of benzene rings is 2. The van der Waals surface area contributed by atoms with Gasteiger partial charge in [0, 0.05) is 48.7 Å². The predicted octanol–water partition coefficient (Wildman–Crippen LogP) is 6.75. The highest BCUT2D eigenvalue weighted by Gasteiger charge is 2.22. The molecule has 7 nitrogen and oxygen atoms in total. The Morgan fingerprint density at radius 1 is 0.972 bits per heavy atom. The number of anilines is 1. The first-order valence-electron chi connectivity index (χ1n) is 13.1. The largest absolute Gasteiger partial charge is 0.493 e. The Kier molecular flexibility index (Phi) is 7.87. The second-order valence-electron chi connectivity index (χ2n) is 9.98. The molecule has 1 saturated carbocycles. The molecule has 8 heteroatoms. The summed E-state index contributed by atoms with van der Waals surface area (Å²) in [5.74, 6) is 0.476. The minimum absolute atomic E-state index is 0.0557. The van der Waals surface area contributed by atoms with Crippen LogP contribution in [0.2, 0.25) is 5.02 Å². The fourth-order valence-electron chi connectivity index (χ4n) is 5.47. The molecule has 2 heterocycles. The summed E-state index contributed by atoms with van der Waals surface area (Å²) in [6, 6.07) is 15.7. The molecule has 1 aromatic heterocycles. The number of hydrogen-bond acceptors (Lipinski definition) is 5. The lowest BCUT2D eigenvalue weighted by Crippen LogP contribution is -2.46. The molecule has 1 aliphatic carbocycles. The number of amides is 1. The molecular weight excluding hydrogens is 474 g/mol. The SMILES string of the molecule is O=C(CCC1CCCCC1)N=Nc1c(O)n(CN2CCN(c3ccc(Cl)cc3)CC2)c2ccccc12. The fraction of sp³-hybridized carbons (Fsp3) is 0.464. The second-order valence-corrected chi connectivity index (χ2v) is 10.4. The van der Waals surface area contributed by atoms with Crippen LogP contribution in [0.5, 0.6) is 5.88 Å². The first-order valence-corrected chi connectivity index (χ1v) is 13.4. The van der Waals surface area contributed by atoms with Crippen LogP contribution >= 0.6 is 11.6 Å². The molecule has 190 valence electrons. The maximum atomic E-state index is 12.4. The number of carbonyl (C=O) groups is 1. The van der Waals surface area contributed by atoms with Gasteiger partial charge in [-0.1, -0.05) is 61.9 Å². The molecule has 2 fully saturated rings. The number of nitrogens with zero attached hydrogens (tertiary/aromatic N) is 5. The minimum Gasteiger partial charge on any atom is -0.493 e. The lowest BCUT2D eigenvalue weighted by molar-refractivity contribution is -0.118. The Morgan fingerprint density at radius 2 is 1.69 bits per heavy atom. The Bertz CT molecular complexity index is 1210. The van der Waals surface area contributed by atoms with Crippen LogP contribution in [0.15, 0.2) is 58.8 Å². The highest BCUT2D eigenvalue weighted by molar-refractivity contribution is 6.30. The first kappa shape index (κ1) is 24.8. The number of piperazine rings is 1. The summed E-state index contributed by atoms with van der Waals surface area (Å²) >= 11 is 6.03. The van der Waals surface area contributed by atoms with Gasteiger partial charge in [0.2, 0.25) is 5.88 Å². The van der Waals surface area contributed by atoms with Crippen LogP contribution in [0.3, 0.4) is 0 Å². The van der Waals surface area contributed by atoms with Crippen molar-refractivity contribution in [2.75, 3.05) is 31.1 Å². The summed E-state index contributed by atoms with van der Waals surface area (Å²) < 4.78 is 1.87. The van der Waals surface area contributed by atoms with Gasteiger partial charge in [0.1, 0.15) is 0 Å². The van der Waals surface area contributed by atoms with Crippen molar-refractivity contribution in [2.45, 2.75) is 51.6 Å². The number of aromatic nitrogens is 1. The number of para-hydroxylation sites is 1. The van der Waals surface area contributed by atoms with Crippen molar-refractivity contribution < 1.29 is 9.90 Å². The molecule has 2 aliphatic rings. The number of hydrogen-bond donors (Lipinski definition) is 1. The summed E-state index contributed by atoms with van der Waals surface area (Å²) in [6.45, 7) is 4.06. The van der Waals surface area contributed by atoms with Crippen molar-refractivity contribution in [3.63, 3.8) is 0 Å². The molecule has 1 amide bonds. The third-order valence-corrected chi connectivity index (χ3v) is 7.83. The molecule has 0 atom stereocenters. The molecule has 2 aromatic carbocycles. The number of rotatable bonds is 7. The van der Waals surface area contributed by atoms with Gasteiger partial charge in [0.15, 0.2) is 5.69 Å². The number of carbonyl (C=O) groups excluding carboxylic acids is 1. The normalized spacial score (nSPS) is 17.9. The van der Waals surface area contributed by atoms with Crippen LogP contribution in [-0.2, 0) is 11.5 Å². The number of halogens is 1. The van der Waals surface area contributed by atoms with E-state index in [1.54, 1.807) is 0 Å². The Morgan fingerprint density at radius 3 is 2.44 bits per heavy atom. The molecule has 1 N–H and O–H groups in total. The zero-order valence-electron chi connectivity index (χ0n) is 20.7. The maximum absolute atomic E-state index is 12.4. The number of azo groups is 1. The fourth-order valence-corrected chi connectivity index (χ4v) is 5.60. The topological polar surface area (TPSA) is 73.4 Å². The van der Waals surface area contributed by atoms with Gasteiger partial charge < -0.3 is 10.0 Å². The van der Waals surface area contributed by atoms with Crippen molar-refractivity contribution in [1.82, 2.24) is 9.47 Å².